The first-order valence-electron chi connectivity index (χ1n) is 7.96. The molecule has 1 N–H and O–H groups in total. The lowest BCUT2D eigenvalue weighted by atomic mass is 10.2. The van der Waals surface area contributed by atoms with Crippen molar-refractivity contribution >= 4 is 23.4 Å². The smallest absolute Gasteiger partial charge is 0.341 e. The average Bonchev–Trinajstić information content (AvgIpc) is 2.65. The maximum Gasteiger partial charge on any atom is 0.341 e. The van der Waals surface area contributed by atoms with Crippen molar-refractivity contribution in [3.8, 4) is 17.6 Å². The second-order valence-electron chi connectivity index (χ2n) is 4.98. The predicted molar refractivity (Wildman–Crippen MR) is 102 cm³/mol. The average molecular weight is 355 g/mol. The van der Waals surface area contributed by atoms with Crippen molar-refractivity contribution in [3.05, 3.63) is 54.6 Å². The number of thioether (sulfide) groups is 1. The van der Waals surface area contributed by atoms with E-state index >= 15 is 0 Å². The molecule has 1 unspecified atom stereocenters. The van der Waals surface area contributed by atoms with Crippen LogP contribution in [0.15, 0.2) is 59.5 Å². The Kier molecular flexibility index (Phi) is 7.74. The summed E-state index contributed by atoms with van der Waals surface area (Å²) in [5, 5.41) is 3.10. The third-order valence-corrected chi connectivity index (χ3v) is 4.12. The number of anilines is 1. The third kappa shape index (κ3) is 6.44. The molecule has 0 saturated heterocycles. The minimum atomic E-state index is -0.704. The number of esters is 1. The molecule has 0 spiro atoms. The molecule has 0 heterocycles. The van der Waals surface area contributed by atoms with Gasteiger partial charge in [0.05, 0.1) is 19.5 Å². The van der Waals surface area contributed by atoms with Crippen LogP contribution in [0.5, 0.6) is 5.75 Å². The second-order valence-corrected chi connectivity index (χ2v) is 6.03. The Hall–Kier alpha value is -2.58. The molecule has 0 aliphatic carbocycles. The van der Waals surface area contributed by atoms with Crippen molar-refractivity contribution < 1.29 is 14.3 Å². The van der Waals surface area contributed by atoms with Crippen LogP contribution < -0.4 is 10.1 Å². The van der Waals surface area contributed by atoms with Gasteiger partial charge in [-0.05, 0) is 43.3 Å². The van der Waals surface area contributed by atoms with Gasteiger partial charge in [-0.15, -0.1) is 11.8 Å². The largest absolute Gasteiger partial charge is 0.497 e. The summed E-state index contributed by atoms with van der Waals surface area (Å²) in [6.45, 7) is 2.10. The monoisotopic (exact) mass is 355 g/mol. The van der Waals surface area contributed by atoms with Crippen LogP contribution in [0.2, 0.25) is 0 Å². The predicted octanol–water partition coefficient (Wildman–Crippen LogP) is 3.83. The molecule has 130 valence electrons. The van der Waals surface area contributed by atoms with Crippen molar-refractivity contribution in [2.75, 3.05) is 24.8 Å². The minimum Gasteiger partial charge on any atom is -0.497 e. The van der Waals surface area contributed by atoms with Gasteiger partial charge in [-0.25, -0.2) is 4.79 Å². The van der Waals surface area contributed by atoms with Gasteiger partial charge in [0, 0.05) is 10.6 Å². The van der Waals surface area contributed by atoms with Crippen LogP contribution in [0.1, 0.15) is 6.92 Å². The van der Waals surface area contributed by atoms with Crippen molar-refractivity contribution in [1.82, 2.24) is 0 Å². The van der Waals surface area contributed by atoms with Crippen molar-refractivity contribution in [1.29, 1.82) is 0 Å². The number of methoxy groups -OCH3 is 1. The summed E-state index contributed by atoms with van der Waals surface area (Å²) in [4.78, 5) is 13.3. The van der Waals surface area contributed by atoms with Gasteiger partial charge in [-0.1, -0.05) is 30.0 Å². The number of hydrogen-bond acceptors (Lipinski definition) is 5. The zero-order valence-corrected chi connectivity index (χ0v) is 15.1. The normalized spacial score (nSPS) is 11.0. The molecule has 0 bridgehead atoms. The first kappa shape index (κ1) is 18.8. The molecular formula is C20H21NO3S. The highest BCUT2D eigenvalue weighted by Gasteiger charge is 2.16. The van der Waals surface area contributed by atoms with Gasteiger partial charge in [-0.3, -0.25) is 0 Å². The zero-order valence-electron chi connectivity index (χ0n) is 14.3. The SMILES string of the molecule is CCOC(=O)C(C#CCSc1ccccc1)Nc1ccc(OC)cc1. The van der Waals surface area contributed by atoms with Gasteiger partial charge in [0.15, 0.2) is 6.04 Å². The fraction of sp³-hybridized carbons (Fsp3) is 0.250. The van der Waals surface area contributed by atoms with Crippen molar-refractivity contribution in [3.63, 3.8) is 0 Å². The molecule has 0 saturated carbocycles. The number of ether oxygens (including phenoxy) is 2. The maximum absolute atomic E-state index is 12.1. The van der Waals surface area contributed by atoms with E-state index in [0.717, 1.165) is 16.3 Å². The van der Waals surface area contributed by atoms with E-state index in [9.17, 15) is 4.79 Å². The van der Waals surface area contributed by atoms with Gasteiger partial charge >= 0.3 is 5.97 Å². The third-order valence-electron chi connectivity index (χ3n) is 3.22. The summed E-state index contributed by atoms with van der Waals surface area (Å²) >= 11 is 1.63. The van der Waals surface area contributed by atoms with Gasteiger partial charge < -0.3 is 14.8 Å². The standard InChI is InChI=1S/C20H21NO3S/c1-3-24-20(22)19(21-16-11-13-17(23-2)14-12-16)10-7-15-25-18-8-5-4-6-9-18/h4-6,8-9,11-14,19,21H,3,15H2,1-2H3. The molecule has 2 aromatic carbocycles. The van der Waals surface area contributed by atoms with Crippen LogP contribution in [-0.2, 0) is 9.53 Å². The Morgan fingerprint density at radius 3 is 2.52 bits per heavy atom. The molecule has 0 aromatic heterocycles. The Morgan fingerprint density at radius 2 is 1.88 bits per heavy atom. The number of nitrogens with one attached hydrogen (secondary N) is 1. The van der Waals surface area contributed by atoms with Gasteiger partial charge in [-0.2, -0.15) is 0 Å². The first-order chi connectivity index (χ1) is 12.2. The molecule has 0 radical (unpaired) electrons. The fourth-order valence-corrected chi connectivity index (χ4v) is 2.69. The second kappa shape index (κ2) is 10.3. The molecule has 0 fully saturated rings. The number of carbonyl (C=O) groups excluding carboxylic acids is 1. The van der Waals surface area contributed by atoms with Crippen LogP contribution in [0, 0.1) is 11.8 Å². The molecule has 1 atom stereocenters. The molecule has 0 aliphatic rings. The lowest BCUT2D eigenvalue weighted by molar-refractivity contribution is -0.142. The van der Waals surface area contributed by atoms with E-state index in [1.54, 1.807) is 25.8 Å². The number of carbonyl (C=O) groups is 1. The van der Waals surface area contributed by atoms with Crippen LogP contribution in [-0.4, -0.2) is 31.5 Å². The van der Waals surface area contributed by atoms with E-state index in [-0.39, 0.29) is 5.97 Å². The van der Waals surface area contributed by atoms with Gasteiger partial charge in [0.25, 0.3) is 0 Å². The Morgan fingerprint density at radius 1 is 1.16 bits per heavy atom. The Bertz CT molecular complexity index is 720. The highest BCUT2D eigenvalue weighted by molar-refractivity contribution is 7.99. The molecule has 5 heteroatoms. The lowest BCUT2D eigenvalue weighted by Crippen LogP contribution is -2.30. The van der Waals surface area contributed by atoms with E-state index in [2.05, 4.69) is 17.2 Å². The summed E-state index contributed by atoms with van der Waals surface area (Å²) < 4.78 is 10.2. The van der Waals surface area contributed by atoms with E-state index in [1.807, 2.05) is 54.6 Å². The number of rotatable bonds is 7. The van der Waals surface area contributed by atoms with Gasteiger partial charge in [0.1, 0.15) is 5.75 Å². The quantitative estimate of drug-likeness (QED) is 0.465. The summed E-state index contributed by atoms with van der Waals surface area (Å²) in [7, 11) is 1.61. The maximum atomic E-state index is 12.1. The molecule has 4 nitrogen and oxygen atoms in total. The van der Waals surface area contributed by atoms with Gasteiger partial charge in [0.2, 0.25) is 0 Å². The highest BCUT2D eigenvalue weighted by Crippen LogP contribution is 2.17. The topological polar surface area (TPSA) is 47.6 Å². The summed E-state index contributed by atoms with van der Waals surface area (Å²) in [5.74, 6) is 6.98. The first-order valence-corrected chi connectivity index (χ1v) is 8.95. The Labute approximate surface area is 152 Å². The van der Waals surface area contributed by atoms with Crippen LogP contribution in [0.3, 0.4) is 0 Å². The fourth-order valence-electron chi connectivity index (χ4n) is 2.01. The molecule has 0 aliphatic heterocycles. The summed E-state index contributed by atoms with van der Waals surface area (Å²) in [5.41, 5.74) is 0.781. The number of hydrogen-bond donors (Lipinski definition) is 1. The molecule has 25 heavy (non-hydrogen) atoms. The molecular weight excluding hydrogens is 334 g/mol. The van der Waals surface area contributed by atoms with E-state index in [0.29, 0.717) is 12.4 Å². The lowest BCUT2D eigenvalue weighted by Gasteiger charge is -2.13. The number of benzene rings is 2. The zero-order chi connectivity index (χ0) is 17.9. The van der Waals surface area contributed by atoms with Crippen LogP contribution >= 0.6 is 11.8 Å². The summed E-state index contributed by atoms with van der Waals surface area (Å²) in [6, 6.07) is 16.6. The van der Waals surface area contributed by atoms with Crippen molar-refractivity contribution in [2.45, 2.75) is 17.9 Å². The molecule has 2 rings (SSSR count). The minimum absolute atomic E-state index is 0.320. The molecule has 0 amide bonds. The van der Waals surface area contributed by atoms with E-state index < -0.39 is 6.04 Å². The van der Waals surface area contributed by atoms with E-state index in [4.69, 9.17) is 9.47 Å². The van der Waals surface area contributed by atoms with Crippen LogP contribution in [0.25, 0.3) is 0 Å². The van der Waals surface area contributed by atoms with Crippen LogP contribution in [0.4, 0.5) is 5.69 Å². The Balaban J connectivity index is 2.00. The van der Waals surface area contributed by atoms with E-state index in [1.165, 1.54) is 0 Å². The molecule has 2 aromatic rings. The van der Waals surface area contributed by atoms with Crippen molar-refractivity contribution in [2.24, 2.45) is 0 Å². The summed E-state index contributed by atoms with van der Waals surface area (Å²) in [6.07, 6.45) is 0. The highest BCUT2D eigenvalue weighted by atomic mass is 32.2.